The van der Waals surface area contributed by atoms with Crippen LogP contribution in [0.4, 0.5) is 17.3 Å². The first kappa shape index (κ1) is 23.3. The number of H-pyrrole nitrogens is 1. The quantitative estimate of drug-likeness (QED) is 0.231. The molecule has 2 heterocycles. The number of rotatable bonds is 8. The summed E-state index contributed by atoms with van der Waals surface area (Å²) in [6.07, 6.45) is 2.95. The third kappa shape index (κ3) is 5.56. The predicted molar refractivity (Wildman–Crippen MR) is 133 cm³/mol. The van der Waals surface area contributed by atoms with Crippen LogP contribution in [0.2, 0.25) is 10.0 Å². The lowest BCUT2D eigenvalue weighted by atomic mass is 10.1. The first-order valence-corrected chi connectivity index (χ1v) is 11.3. The second kappa shape index (κ2) is 10.4. The molecule has 1 amide bonds. The van der Waals surface area contributed by atoms with Crippen molar-refractivity contribution >= 4 is 73.4 Å². The van der Waals surface area contributed by atoms with Crippen LogP contribution in [0.15, 0.2) is 53.3 Å². The van der Waals surface area contributed by atoms with Gasteiger partial charge in [0.1, 0.15) is 12.4 Å². The van der Waals surface area contributed by atoms with E-state index in [0.29, 0.717) is 56.3 Å². The second-order valence-electron chi connectivity index (χ2n) is 6.86. The molecule has 0 radical (unpaired) electrons. The molecular formula is C22H18BrCl2N5O3. The maximum Gasteiger partial charge on any atom is 0.259 e. The molecule has 3 N–H and O–H groups in total. The minimum atomic E-state index is -0.329. The topological polar surface area (TPSA) is 101 Å². The zero-order valence-corrected chi connectivity index (χ0v) is 20.4. The number of imidazole rings is 1. The monoisotopic (exact) mass is 549 g/mol. The second-order valence-corrected chi connectivity index (χ2v) is 8.59. The molecular weight excluding hydrogens is 533 g/mol. The zero-order chi connectivity index (χ0) is 23.4. The summed E-state index contributed by atoms with van der Waals surface area (Å²) in [4.78, 5) is 24.7. The van der Waals surface area contributed by atoms with Gasteiger partial charge in [0.15, 0.2) is 0 Å². The molecule has 2 aromatic heterocycles. The maximum absolute atomic E-state index is 13.1. The van der Waals surface area contributed by atoms with E-state index < -0.39 is 0 Å². The number of amides is 1. The first-order chi connectivity index (χ1) is 15.9. The Hall–Kier alpha value is -2.85. The molecule has 0 unspecified atom stereocenters. The van der Waals surface area contributed by atoms with Gasteiger partial charge in [0.2, 0.25) is 5.95 Å². The lowest BCUT2D eigenvalue weighted by Gasteiger charge is -2.12. The Labute approximate surface area is 207 Å². The molecule has 0 fully saturated rings. The van der Waals surface area contributed by atoms with Crippen LogP contribution in [-0.2, 0) is 4.74 Å². The average molecular weight is 551 g/mol. The predicted octanol–water partition coefficient (Wildman–Crippen LogP) is 6.05. The Kier molecular flexibility index (Phi) is 7.34. The Morgan fingerprint density at radius 3 is 2.55 bits per heavy atom. The Balaban J connectivity index is 1.67. The van der Waals surface area contributed by atoms with Crippen LogP contribution in [0.3, 0.4) is 0 Å². The SMILES string of the molecule is COCCOc1cc2[nH]c(Nc3c(Cl)cncc3Cl)nc2cc1C(=O)Nc1ccc(Br)cc1. The van der Waals surface area contributed by atoms with E-state index in [9.17, 15) is 4.79 Å². The molecule has 8 nitrogen and oxygen atoms in total. The molecule has 4 rings (SSSR count). The van der Waals surface area contributed by atoms with Crippen LogP contribution in [0.25, 0.3) is 11.0 Å². The number of fused-ring (bicyclic) bond motifs is 1. The van der Waals surface area contributed by atoms with Gasteiger partial charge in [0.05, 0.1) is 38.9 Å². The fraction of sp³-hybridized carbons (Fsp3) is 0.136. The van der Waals surface area contributed by atoms with Gasteiger partial charge >= 0.3 is 0 Å². The van der Waals surface area contributed by atoms with E-state index in [2.05, 4.69) is 41.5 Å². The summed E-state index contributed by atoms with van der Waals surface area (Å²) in [6.45, 7) is 0.655. The van der Waals surface area contributed by atoms with Crippen molar-refractivity contribution in [1.82, 2.24) is 15.0 Å². The molecule has 0 atom stereocenters. The average Bonchev–Trinajstić information content (AvgIpc) is 3.19. The molecule has 0 aliphatic carbocycles. The summed E-state index contributed by atoms with van der Waals surface area (Å²) >= 11 is 15.8. The van der Waals surface area contributed by atoms with Crippen molar-refractivity contribution in [3.63, 3.8) is 0 Å². The fourth-order valence-electron chi connectivity index (χ4n) is 3.01. The van der Waals surface area contributed by atoms with Crippen LogP contribution in [-0.4, -0.2) is 41.2 Å². The van der Waals surface area contributed by atoms with E-state index in [1.54, 1.807) is 31.4 Å². The number of aromatic amines is 1. The number of benzene rings is 2. The van der Waals surface area contributed by atoms with Crippen molar-refractivity contribution in [3.05, 3.63) is 68.9 Å². The van der Waals surface area contributed by atoms with Gasteiger partial charge in [-0.15, -0.1) is 0 Å². The van der Waals surface area contributed by atoms with Gasteiger partial charge in [-0.25, -0.2) is 4.98 Å². The zero-order valence-electron chi connectivity index (χ0n) is 17.3. The summed E-state index contributed by atoms with van der Waals surface area (Å²) in [7, 11) is 1.58. The number of pyridine rings is 1. The number of carbonyl (C=O) groups is 1. The molecule has 0 spiro atoms. The molecule has 0 bridgehead atoms. The van der Waals surface area contributed by atoms with E-state index in [1.807, 2.05) is 12.1 Å². The van der Waals surface area contributed by atoms with Gasteiger partial charge in [-0.05, 0) is 30.3 Å². The molecule has 0 aliphatic rings. The summed E-state index contributed by atoms with van der Waals surface area (Å²) < 4.78 is 11.8. The van der Waals surface area contributed by atoms with Crippen molar-refractivity contribution in [3.8, 4) is 5.75 Å². The van der Waals surface area contributed by atoms with Gasteiger partial charge in [0, 0.05) is 35.7 Å². The largest absolute Gasteiger partial charge is 0.490 e. The summed E-state index contributed by atoms with van der Waals surface area (Å²) in [5.41, 5.74) is 2.67. The Morgan fingerprint density at radius 1 is 1.12 bits per heavy atom. The highest BCUT2D eigenvalue weighted by atomic mass is 79.9. The first-order valence-electron chi connectivity index (χ1n) is 9.73. The van der Waals surface area contributed by atoms with Crippen molar-refractivity contribution in [2.24, 2.45) is 0 Å². The van der Waals surface area contributed by atoms with Crippen LogP contribution < -0.4 is 15.4 Å². The lowest BCUT2D eigenvalue weighted by molar-refractivity contribution is 0.101. The van der Waals surface area contributed by atoms with Crippen molar-refractivity contribution in [1.29, 1.82) is 0 Å². The van der Waals surface area contributed by atoms with Crippen molar-refractivity contribution in [2.45, 2.75) is 0 Å². The van der Waals surface area contributed by atoms with Gasteiger partial charge < -0.3 is 25.1 Å². The van der Waals surface area contributed by atoms with E-state index >= 15 is 0 Å². The molecule has 0 saturated heterocycles. The third-order valence-electron chi connectivity index (χ3n) is 4.57. The molecule has 4 aromatic rings. The number of halogens is 3. The standard InChI is InChI=1S/C22H18BrCl2N5O3/c1-32-6-7-33-19-9-18-17(8-14(19)21(31)27-13-4-2-12(23)3-5-13)28-22(29-18)30-20-15(24)10-26-11-16(20)25/h2-5,8-11H,6-7H2,1H3,(H,27,31)(H2,26,28,29,30). The molecule has 170 valence electrons. The van der Waals surface area contributed by atoms with Crippen molar-refractivity contribution in [2.75, 3.05) is 31.0 Å². The summed E-state index contributed by atoms with van der Waals surface area (Å²) in [5.74, 6) is 0.460. The van der Waals surface area contributed by atoms with Gasteiger partial charge in [0.25, 0.3) is 5.91 Å². The van der Waals surface area contributed by atoms with E-state index in [0.717, 1.165) is 4.47 Å². The summed E-state index contributed by atoms with van der Waals surface area (Å²) in [5, 5.41) is 6.63. The van der Waals surface area contributed by atoms with E-state index in [-0.39, 0.29) is 12.5 Å². The third-order valence-corrected chi connectivity index (χ3v) is 5.67. The fourth-order valence-corrected chi connectivity index (χ4v) is 3.73. The number of hydrogen-bond donors (Lipinski definition) is 3. The number of ether oxygens (including phenoxy) is 2. The number of methoxy groups -OCH3 is 1. The highest BCUT2D eigenvalue weighted by Gasteiger charge is 2.18. The molecule has 11 heteroatoms. The normalized spacial score (nSPS) is 10.9. The maximum atomic E-state index is 13.1. The van der Waals surface area contributed by atoms with Crippen molar-refractivity contribution < 1.29 is 14.3 Å². The molecule has 0 saturated carbocycles. The van der Waals surface area contributed by atoms with Crippen LogP contribution >= 0.6 is 39.1 Å². The van der Waals surface area contributed by atoms with Gasteiger partial charge in [-0.2, -0.15) is 0 Å². The number of hydrogen-bond acceptors (Lipinski definition) is 6. The molecule has 0 aliphatic heterocycles. The number of aromatic nitrogens is 3. The van der Waals surface area contributed by atoms with Crippen LogP contribution in [0, 0.1) is 0 Å². The van der Waals surface area contributed by atoms with Gasteiger partial charge in [-0.1, -0.05) is 39.1 Å². The summed E-state index contributed by atoms with van der Waals surface area (Å²) in [6, 6.07) is 10.7. The smallest absolute Gasteiger partial charge is 0.259 e. The highest BCUT2D eigenvalue weighted by Crippen LogP contribution is 2.32. The van der Waals surface area contributed by atoms with Crippen LogP contribution in [0.1, 0.15) is 10.4 Å². The number of anilines is 3. The number of nitrogens with zero attached hydrogens (tertiary/aromatic N) is 2. The minimum absolute atomic E-state index is 0.280. The van der Waals surface area contributed by atoms with E-state index in [4.69, 9.17) is 32.7 Å². The lowest BCUT2D eigenvalue weighted by Crippen LogP contribution is -2.15. The Morgan fingerprint density at radius 2 is 1.85 bits per heavy atom. The Bertz CT molecular complexity index is 1280. The van der Waals surface area contributed by atoms with Gasteiger partial charge in [-0.3, -0.25) is 9.78 Å². The van der Waals surface area contributed by atoms with Crippen LogP contribution in [0.5, 0.6) is 5.75 Å². The number of nitrogens with one attached hydrogen (secondary N) is 3. The highest BCUT2D eigenvalue weighted by molar-refractivity contribution is 9.10. The molecule has 33 heavy (non-hydrogen) atoms. The minimum Gasteiger partial charge on any atom is -0.490 e. The number of carbonyl (C=O) groups excluding carboxylic acids is 1. The van der Waals surface area contributed by atoms with E-state index in [1.165, 1.54) is 12.4 Å². The molecule has 2 aromatic carbocycles.